The zero-order valence-electron chi connectivity index (χ0n) is 9.28. The van der Waals surface area contributed by atoms with Crippen molar-refractivity contribution in [1.29, 1.82) is 0 Å². The van der Waals surface area contributed by atoms with Crippen molar-refractivity contribution in [3.63, 3.8) is 0 Å². The summed E-state index contributed by atoms with van der Waals surface area (Å²) in [4.78, 5) is 4.27. The van der Waals surface area contributed by atoms with Crippen molar-refractivity contribution in [2.24, 2.45) is 0 Å². The fourth-order valence-electron chi connectivity index (χ4n) is 1.48. The second-order valence-corrected chi connectivity index (χ2v) is 5.48. The van der Waals surface area contributed by atoms with Crippen LogP contribution in [0.4, 0.5) is 0 Å². The van der Waals surface area contributed by atoms with Crippen LogP contribution in [-0.4, -0.2) is 4.98 Å². The Hall–Kier alpha value is -0.610. The molecule has 0 amide bonds. The number of hydrogen-bond donors (Lipinski definition) is 1. The highest BCUT2D eigenvalue weighted by atomic mass is 35.5. The molecule has 2 aromatic rings. The molecule has 0 radical (unpaired) electrons. The van der Waals surface area contributed by atoms with Crippen LogP contribution in [0.1, 0.15) is 23.5 Å². The molecule has 1 atom stereocenters. The molecule has 1 unspecified atom stereocenters. The molecule has 1 heterocycles. The maximum absolute atomic E-state index is 6.09. The lowest BCUT2D eigenvalue weighted by Crippen LogP contribution is -2.18. The zero-order chi connectivity index (χ0) is 12.3. The van der Waals surface area contributed by atoms with Crippen LogP contribution in [0.5, 0.6) is 0 Å². The van der Waals surface area contributed by atoms with Gasteiger partial charge in [0.15, 0.2) is 0 Å². The molecule has 2 nitrogen and oxygen atoms in total. The summed E-state index contributed by atoms with van der Waals surface area (Å²) in [5, 5.41) is 7.85. The topological polar surface area (TPSA) is 24.9 Å². The second-order valence-electron chi connectivity index (χ2n) is 3.71. The molecule has 1 N–H and O–H groups in total. The smallest absolute Gasteiger partial charge is 0.109 e. The first-order valence-corrected chi connectivity index (χ1v) is 6.87. The van der Waals surface area contributed by atoms with Crippen molar-refractivity contribution < 1.29 is 0 Å². The van der Waals surface area contributed by atoms with Crippen molar-refractivity contribution in [2.75, 3.05) is 0 Å². The summed E-state index contributed by atoms with van der Waals surface area (Å²) in [7, 11) is 0. The Morgan fingerprint density at radius 1 is 1.41 bits per heavy atom. The largest absolute Gasteiger partial charge is 0.304 e. The Kier molecular flexibility index (Phi) is 4.40. The molecular weight excluding hydrogens is 275 g/mol. The second kappa shape index (κ2) is 5.83. The molecule has 17 heavy (non-hydrogen) atoms. The third kappa shape index (κ3) is 3.42. The maximum Gasteiger partial charge on any atom is 0.109 e. The fraction of sp³-hybridized carbons (Fsp3) is 0.250. The predicted molar refractivity (Wildman–Crippen MR) is 73.8 cm³/mol. The van der Waals surface area contributed by atoms with E-state index in [4.69, 9.17) is 23.2 Å². The van der Waals surface area contributed by atoms with Gasteiger partial charge in [0.1, 0.15) is 5.01 Å². The average molecular weight is 287 g/mol. The molecule has 1 aromatic heterocycles. The predicted octanol–water partition coefficient (Wildman–Crippen LogP) is 4.30. The van der Waals surface area contributed by atoms with E-state index in [1.165, 1.54) is 0 Å². The molecule has 0 aliphatic carbocycles. The van der Waals surface area contributed by atoms with Gasteiger partial charge in [-0.05, 0) is 30.7 Å². The molecule has 0 spiro atoms. The number of nitrogens with one attached hydrogen (secondary N) is 1. The van der Waals surface area contributed by atoms with Crippen LogP contribution < -0.4 is 5.32 Å². The van der Waals surface area contributed by atoms with Crippen molar-refractivity contribution >= 4 is 34.5 Å². The molecule has 0 bridgehead atoms. The summed E-state index contributed by atoms with van der Waals surface area (Å²) in [6, 6.07) is 5.70. The standard InChI is InChI=1S/C12H12Cl2N2S/c1-8(12-15-4-5-17-12)16-7-9-6-10(13)2-3-11(9)14/h2-6,8,16H,7H2,1H3. The first-order valence-electron chi connectivity index (χ1n) is 5.23. The Morgan fingerprint density at radius 2 is 2.24 bits per heavy atom. The normalized spacial score (nSPS) is 12.6. The van der Waals surface area contributed by atoms with E-state index < -0.39 is 0 Å². The van der Waals surface area contributed by atoms with E-state index in [1.54, 1.807) is 17.4 Å². The highest BCUT2D eigenvalue weighted by molar-refractivity contribution is 7.09. The SMILES string of the molecule is CC(NCc1cc(Cl)ccc1Cl)c1nccs1. The number of hydrogen-bond acceptors (Lipinski definition) is 3. The fourth-order valence-corrected chi connectivity index (χ4v) is 2.53. The lowest BCUT2D eigenvalue weighted by molar-refractivity contribution is 0.572. The number of halogens is 2. The Labute approximate surface area is 115 Å². The van der Waals surface area contributed by atoms with E-state index >= 15 is 0 Å². The van der Waals surface area contributed by atoms with Gasteiger partial charge in [0.05, 0.1) is 6.04 Å². The number of nitrogens with zero attached hydrogens (tertiary/aromatic N) is 1. The van der Waals surface area contributed by atoms with Crippen LogP contribution in [0.3, 0.4) is 0 Å². The Balaban J connectivity index is 2.00. The molecule has 0 fully saturated rings. The molecule has 2 rings (SSSR count). The quantitative estimate of drug-likeness (QED) is 0.906. The summed E-state index contributed by atoms with van der Waals surface area (Å²) >= 11 is 13.7. The molecular formula is C12H12Cl2N2S. The maximum atomic E-state index is 6.09. The van der Waals surface area contributed by atoms with E-state index in [9.17, 15) is 0 Å². The van der Waals surface area contributed by atoms with Gasteiger partial charge in [0.25, 0.3) is 0 Å². The molecule has 90 valence electrons. The molecule has 1 aromatic carbocycles. The summed E-state index contributed by atoms with van der Waals surface area (Å²) in [6.07, 6.45) is 1.81. The van der Waals surface area contributed by atoms with Crippen LogP contribution in [-0.2, 0) is 6.54 Å². The van der Waals surface area contributed by atoms with Crippen LogP contribution in [0.2, 0.25) is 10.0 Å². The third-order valence-electron chi connectivity index (χ3n) is 2.43. The molecule has 0 saturated carbocycles. The van der Waals surface area contributed by atoms with E-state index in [0.717, 1.165) is 15.6 Å². The minimum absolute atomic E-state index is 0.213. The minimum Gasteiger partial charge on any atom is -0.304 e. The van der Waals surface area contributed by atoms with Gasteiger partial charge in [0, 0.05) is 28.2 Å². The zero-order valence-corrected chi connectivity index (χ0v) is 11.6. The van der Waals surface area contributed by atoms with Gasteiger partial charge in [-0.2, -0.15) is 0 Å². The summed E-state index contributed by atoms with van der Waals surface area (Å²) in [5.74, 6) is 0. The van der Waals surface area contributed by atoms with Gasteiger partial charge >= 0.3 is 0 Å². The van der Waals surface area contributed by atoms with Gasteiger partial charge in [-0.25, -0.2) is 4.98 Å². The molecule has 5 heteroatoms. The highest BCUT2D eigenvalue weighted by Crippen LogP contribution is 2.22. The van der Waals surface area contributed by atoms with Crippen molar-refractivity contribution in [2.45, 2.75) is 19.5 Å². The van der Waals surface area contributed by atoms with Gasteiger partial charge in [0.2, 0.25) is 0 Å². The highest BCUT2D eigenvalue weighted by Gasteiger charge is 2.08. The van der Waals surface area contributed by atoms with Crippen molar-refractivity contribution in [1.82, 2.24) is 10.3 Å². The monoisotopic (exact) mass is 286 g/mol. The van der Waals surface area contributed by atoms with Gasteiger partial charge in [-0.1, -0.05) is 23.2 Å². The third-order valence-corrected chi connectivity index (χ3v) is 3.99. The summed E-state index contributed by atoms with van der Waals surface area (Å²) in [6.45, 7) is 2.76. The minimum atomic E-state index is 0.213. The molecule has 0 aliphatic heterocycles. The van der Waals surface area contributed by atoms with E-state index in [0.29, 0.717) is 11.6 Å². The number of aromatic nitrogens is 1. The lowest BCUT2D eigenvalue weighted by atomic mass is 10.2. The number of rotatable bonds is 4. The van der Waals surface area contributed by atoms with Crippen LogP contribution >= 0.6 is 34.5 Å². The van der Waals surface area contributed by atoms with Crippen LogP contribution in [0, 0.1) is 0 Å². The number of benzene rings is 1. The van der Waals surface area contributed by atoms with Crippen molar-refractivity contribution in [3.05, 3.63) is 50.4 Å². The van der Waals surface area contributed by atoms with Gasteiger partial charge in [-0.3, -0.25) is 0 Å². The van der Waals surface area contributed by atoms with Crippen LogP contribution in [0.25, 0.3) is 0 Å². The summed E-state index contributed by atoms with van der Waals surface area (Å²) < 4.78 is 0. The Morgan fingerprint density at radius 3 is 2.94 bits per heavy atom. The van der Waals surface area contributed by atoms with Crippen LogP contribution in [0.15, 0.2) is 29.8 Å². The first-order chi connectivity index (χ1) is 8.16. The first kappa shape index (κ1) is 12.8. The molecule has 0 saturated heterocycles. The lowest BCUT2D eigenvalue weighted by Gasteiger charge is -2.12. The van der Waals surface area contributed by atoms with Gasteiger partial charge < -0.3 is 5.32 Å². The van der Waals surface area contributed by atoms with Gasteiger partial charge in [-0.15, -0.1) is 11.3 Å². The Bertz CT molecular complexity index is 485. The van der Waals surface area contributed by atoms with Crippen molar-refractivity contribution in [3.8, 4) is 0 Å². The van der Waals surface area contributed by atoms with E-state index in [-0.39, 0.29) is 6.04 Å². The molecule has 0 aliphatic rings. The average Bonchev–Trinajstić information content (AvgIpc) is 2.83. The van der Waals surface area contributed by atoms with E-state index in [1.807, 2.05) is 23.7 Å². The number of thiazole rings is 1. The summed E-state index contributed by atoms with van der Waals surface area (Å²) in [5.41, 5.74) is 1.00. The van der Waals surface area contributed by atoms with E-state index in [2.05, 4.69) is 17.2 Å².